The van der Waals surface area contributed by atoms with E-state index in [4.69, 9.17) is 9.73 Å². The molecule has 0 bridgehead atoms. The highest BCUT2D eigenvalue weighted by molar-refractivity contribution is 6.12. The molecular weight excluding hydrogens is 440 g/mol. The lowest BCUT2D eigenvalue weighted by Gasteiger charge is -2.37. The number of fused-ring (bicyclic) bond motifs is 2. The van der Waals surface area contributed by atoms with Crippen LogP contribution in [0.3, 0.4) is 0 Å². The zero-order valence-corrected chi connectivity index (χ0v) is 20.3. The minimum Gasteiger partial charge on any atom is -0.497 e. The van der Waals surface area contributed by atoms with Gasteiger partial charge in [0, 0.05) is 50.4 Å². The summed E-state index contributed by atoms with van der Waals surface area (Å²) in [4.78, 5) is 22.1. The number of hydrogen-bond donors (Lipinski definition) is 2. The fourth-order valence-electron chi connectivity index (χ4n) is 6.24. The molecule has 4 aliphatic heterocycles. The van der Waals surface area contributed by atoms with Crippen LogP contribution in [0.4, 0.5) is 0 Å². The molecule has 2 aliphatic carbocycles. The molecule has 2 N–H and O–H groups in total. The molecule has 0 aromatic rings. The van der Waals surface area contributed by atoms with Gasteiger partial charge in [-0.05, 0) is 54.7 Å². The van der Waals surface area contributed by atoms with E-state index in [9.17, 15) is 9.90 Å². The van der Waals surface area contributed by atoms with Crippen LogP contribution in [-0.4, -0.2) is 72.5 Å². The SMILES string of the molecule is COC1=CC(C)C2C(=C1)N=C(C1=C=C=C(N3CC[C@H](O)C3)C=C1)C=C2N1CC2CCNC(=O)C2C1. The quantitative estimate of drug-likeness (QED) is 0.614. The van der Waals surface area contributed by atoms with Crippen molar-refractivity contribution >= 4 is 11.6 Å². The average molecular weight is 473 g/mol. The summed E-state index contributed by atoms with van der Waals surface area (Å²) >= 11 is 0. The molecular formula is C28H32N4O3. The van der Waals surface area contributed by atoms with E-state index in [1.165, 1.54) is 5.70 Å². The number of ether oxygens (including phenoxy) is 1. The highest BCUT2D eigenvalue weighted by Crippen LogP contribution is 2.43. The van der Waals surface area contributed by atoms with Gasteiger partial charge in [0.1, 0.15) is 5.76 Å². The molecule has 0 aromatic carbocycles. The van der Waals surface area contributed by atoms with Crippen LogP contribution in [0.2, 0.25) is 0 Å². The smallest absolute Gasteiger partial charge is 0.225 e. The summed E-state index contributed by atoms with van der Waals surface area (Å²) < 4.78 is 5.57. The van der Waals surface area contributed by atoms with Crippen LogP contribution < -0.4 is 5.32 Å². The molecule has 5 atom stereocenters. The van der Waals surface area contributed by atoms with E-state index < -0.39 is 0 Å². The molecule has 3 saturated heterocycles. The molecule has 4 heterocycles. The summed E-state index contributed by atoms with van der Waals surface area (Å²) in [5.41, 5.74) is 11.5. The molecule has 0 saturated carbocycles. The van der Waals surface area contributed by atoms with E-state index in [2.05, 4.69) is 45.7 Å². The number of dihydropyridines is 1. The Bertz CT molecular complexity index is 1210. The molecule has 1 amide bonds. The van der Waals surface area contributed by atoms with Crippen molar-refractivity contribution in [3.8, 4) is 0 Å². The number of nitrogens with zero attached hydrogens (tertiary/aromatic N) is 3. The Kier molecular flexibility index (Phi) is 5.57. The number of carbonyl (C=O) groups excluding carboxylic acids is 1. The van der Waals surface area contributed by atoms with Crippen LogP contribution in [0.5, 0.6) is 0 Å². The average Bonchev–Trinajstić information content (AvgIpc) is 3.50. The van der Waals surface area contributed by atoms with Gasteiger partial charge in [-0.25, -0.2) is 0 Å². The summed E-state index contributed by atoms with van der Waals surface area (Å²) in [6.07, 6.45) is 12.0. The Labute approximate surface area is 206 Å². The number of aliphatic imine (C=N–C) groups is 1. The Hall–Kier alpha value is -3.24. The van der Waals surface area contributed by atoms with Crippen molar-refractivity contribution in [2.24, 2.45) is 28.7 Å². The standard InChI is InChI=1S/C28H32N4O3/c1-17-11-22(35-2)12-25-27(17)26(32-14-19-7-9-29-28(34)23(19)16-32)13-24(30-25)18-3-5-20(6-4-18)31-10-8-21(33)15-31/h3,5,11-13,17,19,21,23,27,33H,7-10,14-16H2,1-2H3,(H,29,34)/t17?,19?,21-,23?,27?/m0/s1. The van der Waals surface area contributed by atoms with Gasteiger partial charge in [0.05, 0.1) is 41.8 Å². The maximum atomic E-state index is 12.5. The molecule has 6 rings (SSSR count). The van der Waals surface area contributed by atoms with E-state index in [0.29, 0.717) is 12.5 Å². The Balaban J connectivity index is 1.37. The van der Waals surface area contributed by atoms with Gasteiger partial charge in [-0.3, -0.25) is 9.79 Å². The van der Waals surface area contributed by atoms with Gasteiger partial charge in [0.15, 0.2) is 0 Å². The van der Waals surface area contributed by atoms with Crippen molar-refractivity contribution < 1.29 is 14.6 Å². The molecule has 3 fully saturated rings. The number of nitrogens with one attached hydrogen (secondary N) is 1. The van der Waals surface area contributed by atoms with Gasteiger partial charge in [0.25, 0.3) is 0 Å². The third-order valence-corrected chi connectivity index (χ3v) is 8.12. The van der Waals surface area contributed by atoms with E-state index in [1.54, 1.807) is 7.11 Å². The van der Waals surface area contributed by atoms with Crippen LogP contribution in [-0.2, 0) is 9.53 Å². The van der Waals surface area contributed by atoms with E-state index >= 15 is 0 Å². The van der Waals surface area contributed by atoms with Crippen LogP contribution >= 0.6 is 0 Å². The molecule has 182 valence electrons. The second-order valence-corrected chi connectivity index (χ2v) is 10.4. The first-order valence-corrected chi connectivity index (χ1v) is 12.7. The number of β-amino-alcohol motifs (C(OH)–C–C–N with tert-alkyl or cyclic N) is 1. The number of hydrogen-bond acceptors (Lipinski definition) is 6. The van der Waals surface area contributed by atoms with Gasteiger partial charge >= 0.3 is 0 Å². The van der Waals surface area contributed by atoms with Crippen LogP contribution in [0.25, 0.3) is 0 Å². The first kappa shape index (κ1) is 22.2. The number of carbonyl (C=O) groups is 1. The van der Waals surface area contributed by atoms with E-state index in [0.717, 1.165) is 67.5 Å². The molecule has 7 nitrogen and oxygen atoms in total. The van der Waals surface area contributed by atoms with Gasteiger partial charge in [-0.15, -0.1) is 0 Å². The minimum absolute atomic E-state index is 0.0540. The Morgan fingerprint density at radius 1 is 1.14 bits per heavy atom. The topological polar surface area (TPSA) is 77.4 Å². The third kappa shape index (κ3) is 4.00. The molecule has 35 heavy (non-hydrogen) atoms. The summed E-state index contributed by atoms with van der Waals surface area (Å²) in [5.74, 6) is 1.85. The molecule has 0 aromatic heterocycles. The highest BCUT2D eigenvalue weighted by Gasteiger charge is 2.43. The van der Waals surface area contributed by atoms with Gasteiger partial charge < -0.3 is 25.0 Å². The lowest BCUT2D eigenvalue weighted by Crippen LogP contribution is -2.41. The molecule has 7 heteroatoms. The van der Waals surface area contributed by atoms with Gasteiger partial charge in [-0.1, -0.05) is 12.7 Å². The second-order valence-electron chi connectivity index (χ2n) is 10.4. The monoisotopic (exact) mass is 472 g/mol. The largest absolute Gasteiger partial charge is 0.497 e. The minimum atomic E-state index is -0.275. The highest BCUT2D eigenvalue weighted by atomic mass is 16.5. The predicted molar refractivity (Wildman–Crippen MR) is 133 cm³/mol. The van der Waals surface area contributed by atoms with Crippen molar-refractivity contribution in [3.05, 3.63) is 70.3 Å². The molecule has 0 radical (unpaired) electrons. The summed E-state index contributed by atoms with van der Waals surface area (Å²) in [6.45, 7) is 6.10. The number of aliphatic hydroxyl groups is 1. The first-order valence-electron chi connectivity index (χ1n) is 12.7. The van der Waals surface area contributed by atoms with Crippen molar-refractivity contribution in [1.82, 2.24) is 15.1 Å². The third-order valence-electron chi connectivity index (χ3n) is 8.12. The van der Waals surface area contributed by atoms with E-state index in [-0.39, 0.29) is 29.8 Å². The number of rotatable bonds is 4. The summed E-state index contributed by atoms with van der Waals surface area (Å²) in [7, 11) is 1.70. The van der Waals surface area contributed by atoms with Crippen molar-refractivity contribution in [3.63, 3.8) is 0 Å². The maximum absolute atomic E-state index is 12.5. The van der Waals surface area contributed by atoms with Crippen molar-refractivity contribution in [2.75, 3.05) is 39.8 Å². The van der Waals surface area contributed by atoms with Crippen molar-refractivity contribution in [1.29, 1.82) is 0 Å². The summed E-state index contributed by atoms with van der Waals surface area (Å²) in [6, 6.07) is 0. The number of piperidine rings is 1. The molecule has 6 aliphatic rings. The lowest BCUT2D eigenvalue weighted by molar-refractivity contribution is -0.127. The van der Waals surface area contributed by atoms with E-state index in [1.807, 2.05) is 18.2 Å². The number of likely N-dealkylation sites (tertiary alicyclic amines) is 2. The zero-order chi connectivity index (χ0) is 24.1. The first-order chi connectivity index (χ1) is 17.0. The number of methoxy groups -OCH3 is 1. The van der Waals surface area contributed by atoms with Gasteiger partial charge in [-0.2, -0.15) is 0 Å². The Morgan fingerprint density at radius 2 is 2.03 bits per heavy atom. The predicted octanol–water partition coefficient (Wildman–Crippen LogP) is 2.27. The van der Waals surface area contributed by atoms with Crippen LogP contribution in [0, 0.1) is 23.7 Å². The number of allylic oxidation sites excluding steroid dienone is 6. The molecule has 4 unspecified atom stereocenters. The fraction of sp³-hybridized carbons (Fsp3) is 0.500. The fourth-order valence-corrected chi connectivity index (χ4v) is 6.24. The van der Waals surface area contributed by atoms with Crippen LogP contribution in [0.15, 0.2) is 75.3 Å². The Morgan fingerprint density at radius 3 is 2.74 bits per heavy atom. The zero-order valence-electron chi connectivity index (χ0n) is 20.3. The summed E-state index contributed by atoms with van der Waals surface area (Å²) in [5, 5.41) is 12.9. The maximum Gasteiger partial charge on any atom is 0.225 e. The number of aliphatic hydroxyl groups excluding tert-OH is 1. The normalized spacial score (nSPS) is 33.7. The molecule has 0 spiro atoms. The van der Waals surface area contributed by atoms with Crippen LogP contribution in [0.1, 0.15) is 19.8 Å². The van der Waals surface area contributed by atoms with Crippen molar-refractivity contribution in [2.45, 2.75) is 25.9 Å². The van der Waals surface area contributed by atoms with Gasteiger partial charge in [0.2, 0.25) is 5.91 Å². The lowest BCUT2D eigenvalue weighted by atomic mass is 9.81. The number of amides is 1. The second kappa shape index (κ2) is 8.76.